The van der Waals surface area contributed by atoms with E-state index in [2.05, 4.69) is 0 Å². The second-order valence-electron chi connectivity index (χ2n) is 4.30. The van der Waals surface area contributed by atoms with E-state index in [1.165, 1.54) is 0 Å². The van der Waals surface area contributed by atoms with Gasteiger partial charge in [0.25, 0.3) is 5.91 Å². The Morgan fingerprint density at radius 1 is 1.62 bits per heavy atom. The first-order chi connectivity index (χ1) is 7.74. The molecule has 0 aromatic carbocycles. The second-order valence-corrected chi connectivity index (χ2v) is 4.30. The summed E-state index contributed by atoms with van der Waals surface area (Å²) in [5.41, 5.74) is 6.39. The maximum absolute atomic E-state index is 12.2. The molecule has 1 amide bonds. The molecule has 2 rings (SSSR count). The Balaban J connectivity index is 2.08. The summed E-state index contributed by atoms with van der Waals surface area (Å²) in [5, 5.41) is 0. The van der Waals surface area contributed by atoms with E-state index < -0.39 is 0 Å². The average Bonchev–Trinajstić information content (AvgIpc) is 3.01. The van der Waals surface area contributed by atoms with Crippen molar-refractivity contribution in [3.63, 3.8) is 0 Å². The van der Waals surface area contributed by atoms with Gasteiger partial charge in [-0.3, -0.25) is 4.79 Å². The summed E-state index contributed by atoms with van der Waals surface area (Å²) >= 11 is 0. The van der Waals surface area contributed by atoms with Crippen LogP contribution in [0.2, 0.25) is 0 Å². The average molecular weight is 222 g/mol. The molecule has 0 aliphatic heterocycles. The summed E-state index contributed by atoms with van der Waals surface area (Å²) in [7, 11) is 0. The molecule has 1 aromatic heterocycles. The lowest BCUT2D eigenvalue weighted by molar-refractivity contribution is 0.0709. The van der Waals surface area contributed by atoms with E-state index in [1.54, 1.807) is 6.26 Å². The number of amides is 1. The van der Waals surface area contributed by atoms with E-state index in [-0.39, 0.29) is 5.91 Å². The van der Waals surface area contributed by atoms with Gasteiger partial charge in [0.1, 0.15) is 0 Å². The van der Waals surface area contributed by atoms with Crippen LogP contribution in [0, 0.1) is 6.92 Å². The zero-order chi connectivity index (χ0) is 11.5. The number of hydrogen-bond donors (Lipinski definition) is 1. The third kappa shape index (κ3) is 2.27. The van der Waals surface area contributed by atoms with Gasteiger partial charge in [-0.2, -0.15) is 0 Å². The fourth-order valence-corrected chi connectivity index (χ4v) is 1.82. The van der Waals surface area contributed by atoms with Crippen LogP contribution in [-0.4, -0.2) is 29.9 Å². The first-order valence-electron chi connectivity index (χ1n) is 5.79. The Kier molecular flexibility index (Phi) is 3.29. The number of carbonyl (C=O) groups excluding carboxylic acids is 1. The van der Waals surface area contributed by atoms with Gasteiger partial charge in [-0.1, -0.05) is 0 Å². The molecule has 16 heavy (non-hydrogen) atoms. The van der Waals surface area contributed by atoms with Crippen LogP contribution in [0.5, 0.6) is 0 Å². The largest absolute Gasteiger partial charge is 0.459 e. The SMILES string of the molecule is Cc1ccoc1C(=O)N(CCCN)C1CC1. The summed E-state index contributed by atoms with van der Waals surface area (Å²) in [4.78, 5) is 14.1. The molecule has 0 bridgehead atoms. The van der Waals surface area contributed by atoms with Crippen molar-refractivity contribution in [2.45, 2.75) is 32.2 Å². The maximum atomic E-state index is 12.2. The minimum atomic E-state index is 0.0125. The lowest BCUT2D eigenvalue weighted by Crippen LogP contribution is -2.35. The molecule has 0 saturated heterocycles. The number of nitrogens with zero attached hydrogens (tertiary/aromatic N) is 1. The van der Waals surface area contributed by atoms with E-state index >= 15 is 0 Å². The van der Waals surface area contributed by atoms with Crippen LogP contribution >= 0.6 is 0 Å². The predicted molar refractivity (Wildman–Crippen MR) is 61.2 cm³/mol. The molecular weight excluding hydrogens is 204 g/mol. The van der Waals surface area contributed by atoms with Crippen LogP contribution in [-0.2, 0) is 0 Å². The van der Waals surface area contributed by atoms with Gasteiger partial charge in [0.05, 0.1) is 6.26 Å². The first kappa shape index (κ1) is 11.2. The van der Waals surface area contributed by atoms with Crippen LogP contribution in [0.4, 0.5) is 0 Å². The molecule has 0 unspecified atom stereocenters. The van der Waals surface area contributed by atoms with Crippen molar-refractivity contribution >= 4 is 5.91 Å². The van der Waals surface area contributed by atoms with Crippen LogP contribution in [0.25, 0.3) is 0 Å². The van der Waals surface area contributed by atoms with Crippen LogP contribution in [0.3, 0.4) is 0 Å². The minimum Gasteiger partial charge on any atom is -0.459 e. The Morgan fingerprint density at radius 3 is 2.88 bits per heavy atom. The van der Waals surface area contributed by atoms with Crippen molar-refractivity contribution in [3.05, 3.63) is 23.7 Å². The van der Waals surface area contributed by atoms with Gasteiger partial charge < -0.3 is 15.1 Å². The van der Waals surface area contributed by atoms with Crippen molar-refractivity contribution in [1.82, 2.24) is 4.90 Å². The van der Waals surface area contributed by atoms with E-state index in [4.69, 9.17) is 10.2 Å². The van der Waals surface area contributed by atoms with Gasteiger partial charge in [0.2, 0.25) is 0 Å². The van der Waals surface area contributed by atoms with Crippen molar-refractivity contribution in [2.24, 2.45) is 5.73 Å². The molecular formula is C12H18N2O2. The molecule has 4 nitrogen and oxygen atoms in total. The number of carbonyl (C=O) groups is 1. The lowest BCUT2D eigenvalue weighted by Gasteiger charge is -2.21. The molecule has 4 heteroatoms. The summed E-state index contributed by atoms with van der Waals surface area (Å²) in [6.07, 6.45) is 4.63. The zero-order valence-corrected chi connectivity index (χ0v) is 9.61. The predicted octanol–water partition coefficient (Wildman–Crippen LogP) is 1.54. The molecule has 0 spiro atoms. The molecule has 1 aliphatic carbocycles. The molecule has 1 heterocycles. The highest BCUT2D eigenvalue weighted by atomic mass is 16.3. The molecule has 1 fully saturated rings. The zero-order valence-electron chi connectivity index (χ0n) is 9.61. The number of hydrogen-bond acceptors (Lipinski definition) is 3. The monoisotopic (exact) mass is 222 g/mol. The third-order valence-corrected chi connectivity index (χ3v) is 2.91. The topological polar surface area (TPSA) is 59.5 Å². The lowest BCUT2D eigenvalue weighted by atomic mass is 10.2. The first-order valence-corrected chi connectivity index (χ1v) is 5.79. The van der Waals surface area contributed by atoms with Gasteiger partial charge in [0.15, 0.2) is 5.76 Å². The molecule has 2 N–H and O–H groups in total. The van der Waals surface area contributed by atoms with Crippen LogP contribution < -0.4 is 5.73 Å². The quantitative estimate of drug-likeness (QED) is 0.822. The Hall–Kier alpha value is -1.29. The Labute approximate surface area is 95.4 Å². The van der Waals surface area contributed by atoms with Crippen LogP contribution in [0.1, 0.15) is 35.4 Å². The van der Waals surface area contributed by atoms with Crippen LogP contribution in [0.15, 0.2) is 16.7 Å². The second kappa shape index (κ2) is 4.70. The third-order valence-electron chi connectivity index (χ3n) is 2.91. The van der Waals surface area contributed by atoms with E-state index in [1.807, 2.05) is 17.9 Å². The normalized spacial score (nSPS) is 15.1. The smallest absolute Gasteiger partial charge is 0.290 e. The van der Waals surface area contributed by atoms with E-state index in [9.17, 15) is 4.79 Å². The Bertz CT molecular complexity index is 369. The van der Waals surface area contributed by atoms with Crippen molar-refractivity contribution in [2.75, 3.05) is 13.1 Å². The number of rotatable bonds is 5. The minimum absolute atomic E-state index is 0.0125. The number of nitrogens with two attached hydrogens (primary N) is 1. The van der Waals surface area contributed by atoms with Gasteiger partial charge in [-0.15, -0.1) is 0 Å². The van der Waals surface area contributed by atoms with E-state index in [0.29, 0.717) is 18.3 Å². The van der Waals surface area contributed by atoms with Gasteiger partial charge in [-0.25, -0.2) is 0 Å². The Morgan fingerprint density at radius 2 is 2.38 bits per heavy atom. The number of aryl methyl sites for hydroxylation is 1. The van der Waals surface area contributed by atoms with Crippen molar-refractivity contribution in [1.29, 1.82) is 0 Å². The molecule has 1 aliphatic rings. The molecule has 1 saturated carbocycles. The standard InChI is InChI=1S/C12H18N2O2/c1-9-5-8-16-11(9)12(15)14(7-2-6-13)10-3-4-10/h5,8,10H,2-4,6-7,13H2,1H3. The van der Waals surface area contributed by atoms with Gasteiger partial charge >= 0.3 is 0 Å². The fraction of sp³-hybridized carbons (Fsp3) is 0.583. The summed E-state index contributed by atoms with van der Waals surface area (Å²) in [5.74, 6) is 0.488. The summed E-state index contributed by atoms with van der Waals surface area (Å²) in [6, 6.07) is 2.23. The highest BCUT2D eigenvalue weighted by Crippen LogP contribution is 2.29. The summed E-state index contributed by atoms with van der Waals surface area (Å²) in [6.45, 7) is 3.25. The number of furan rings is 1. The molecule has 1 aromatic rings. The highest BCUT2D eigenvalue weighted by Gasteiger charge is 2.34. The van der Waals surface area contributed by atoms with Gasteiger partial charge in [-0.05, 0) is 38.8 Å². The molecule has 0 atom stereocenters. The van der Waals surface area contributed by atoms with Crippen molar-refractivity contribution < 1.29 is 9.21 Å². The van der Waals surface area contributed by atoms with Gasteiger partial charge in [0, 0.05) is 18.2 Å². The molecule has 88 valence electrons. The maximum Gasteiger partial charge on any atom is 0.290 e. The fourth-order valence-electron chi connectivity index (χ4n) is 1.82. The summed E-state index contributed by atoms with van der Waals surface area (Å²) < 4.78 is 5.24. The van der Waals surface area contributed by atoms with Crippen molar-refractivity contribution in [3.8, 4) is 0 Å². The molecule has 0 radical (unpaired) electrons. The van der Waals surface area contributed by atoms with E-state index in [0.717, 1.165) is 31.4 Å². The highest BCUT2D eigenvalue weighted by molar-refractivity contribution is 5.93.